The van der Waals surface area contributed by atoms with Crippen LogP contribution in [0.1, 0.15) is 52.2 Å². The quantitative estimate of drug-likeness (QED) is 0.438. The number of hydrogen-bond donors (Lipinski definition) is 3. The second kappa shape index (κ2) is 10.3. The van der Waals surface area contributed by atoms with Crippen molar-refractivity contribution in [3.05, 3.63) is 95.1 Å². The third-order valence-electron chi connectivity index (χ3n) is 6.09. The third-order valence-corrected chi connectivity index (χ3v) is 6.09. The van der Waals surface area contributed by atoms with Gasteiger partial charge in [0.1, 0.15) is 0 Å². The summed E-state index contributed by atoms with van der Waals surface area (Å²) in [6.07, 6.45) is 5.79. The van der Waals surface area contributed by atoms with E-state index in [2.05, 4.69) is 47.0 Å². The second-order valence-corrected chi connectivity index (χ2v) is 8.27. The van der Waals surface area contributed by atoms with Crippen molar-refractivity contribution in [3.63, 3.8) is 0 Å². The van der Waals surface area contributed by atoms with Crippen LogP contribution in [0.25, 0.3) is 0 Å². The molecule has 1 unspecified atom stereocenters. The lowest BCUT2D eigenvalue weighted by Gasteiger charge is -2.25. The van der Waals surface area contributed by atoms with Gasteiger partial charge >= 0.3 is 5.97 Å². The molecule has 3 aromatic rings. The lowest BCUT2D eigenvalue weighted by atomic mass is 9.87. The SMILES string of the molecule is O=C(O)c1ccccc1Nc1ccc(CCCc2ccccc2C2CCCNC2)cc1. The van der Waals surface area contributed by atoms with E-state index in [1.54, 1.807) is 18.2 Å². The highest BCUT2D eigenvalue weighted by atomic mass is 16.4. The van der Waals surface area contributed by atoms with E-state index in [4.69, 9.17) is 0 Å². The standard InChI is InChI=1S/C27H30N2O2/c30-27(31)25-12-3-4-13-26(25)29-23-16-14-20(15-17-23)7-5-9-21-8-1-2-11-24(21)22-10-6-18-28-19-22/h1-4,8,11-17,22,28-29H,5-7,9-10,18-19H2,(H,30,31). The largest absolute Gasteiger partial charge is 0.478 e. The van der Waals surface area contributed by atoms with Crippen molar-refractivity contribution in [3.8, 4) is 0 Å². The normalized spacial score (nSPS) is 16.1. The van der Waals surface area contributed by atoms with Crippen LogP contribution in [0.15, 0.2) is 72.8 Å². The Labute approximate surface area is 184 Å². The van der Waals surface area contributed by atoms with E-state index in [1.165, 1.54) is 29.5 Å². The molecule has 0 radical (unpaired) electrons. The van der Waals surface area contributed by atoms with Crippen molar-refractivity contribution in [1.82, 2.24) is 5.32 Å². The van der Waals surface area contributed by atoms with E-state index < -0.39 is 5.97 Å². The Balaban J connectivity index is 1.34. The Bertz CT molecular complexity index is 1010. The van der Waals surface area contributed by atoms with Crippen LogP contribution in [0.4, 0.5) is 11.4 Å². The van der Waals surface area contributed by atoms with Gasteiger partial charge in [0, 0.05) is 12.2 Å². The maximum absolute atomic E-state index is 11.4. The molecule has 0 spiro atoms. The van der Waals surface area contributed by atoms with Crippen LogP contribution < -0.4 is 10.6 Å². The summed E-state index contributed by atoms with van der Waals surface area (Å²) in [7, 11) is 0. The Hall–Kier alpha value is -3.11. The fraction of sp³-hybridized carbons (Fsp3) is 0.296. The number of rotatable bonds is 8. The van der Waals surface area contributed by atoms with Gasteiger partial charge in [-0.2, -0.15) is 0 Å². The smallest absolute Gasteiger partial charge is 0.337 e. The highest BCUT2D eigenvalue weighted by molar-refractivity contribution is 5.95. The molecule has 1 aliphatic heterocycles. The molecule has 4 heteroatoms. The Morgan fingerprint density at radius 3 is 2.52 bits per heavy atom. The predicted octanol–water partition coefficient (Wildman–Crippen LogP) is 5.77. The Morgan fingerprint density at radius 1 is 0.968 bits per heavy atom. The molecule has 3 N–H and O–H groups in total. The van der Waals surface area contributed by atoms with Gasteiger partial charge in [-0.1, -0.05) is 48.5 Å². The van der Waals surface area contributed by atoms with Crippen molar-refractivity contribution in [1.29, 1.82) is 0 Å². The molecule has 1 saturated heterocycles. The molecule has 1 atom stereocenters. The maximum Gasteiger partial charge on any atom is 0.337 e. The van der Waals surface area contributed by atoms with Crippen LogP contribution in [-0.2, 0) is 12.8 Å². The van der Waals surface area contributed by atoms with Gasteiger partial charge in [-0.25, -0.2) is 4.79 Å². The van der Waals surface area contributed by atoms with Gasteiger partial charge in [0.05, 0.1) is 11.3 Å². The zero-order valence-corrected chi connectivity index (χ0v) is 17.8. The number of carboxylic acid groups (broad SMARTS) is 1. The van der Waals surface area contributed by atoms with Gasteiger partial charge in [-0.15, -0.1) is 0 Å². The van der Waals surface area contributed by atoms with E-state index in [0.29, 0.717) is 11.6 Å². The lowest BCUT2D eigenvalue weighted by Crippen LogP contribution is -2.28. The first-order chi connectivity index (χ1) is 15.2. The predicted molar refractivity (Wildman–Crippen MR) is 126 cm³/mol. The van der Waals surface area contributed by atoms with Crippen LogP contribution in [-0.4, -0.2) is 24.2 Å². The molecule has 0 amide bonds. The zero-order chi connectivity index (χ0) is 21.5. The minimum atomic E-state index is -0.927. The number of aryl methyl sites for hydroxylation is 2. The van der Waals surface area contributed by atoms with Crippen molar-refractivity contribution in [2.24, 2.45) is 0 Å². The highest BCUT2D eigenvalue weighted by Gasteiger charge is 2.17. The molecule has 1 fully saturated rings. The molecule has 4 nitrogen and oxygen atoms in total. The number of anilines is 2. The average molecular weight is 415 g/mol. The van der Waals surface area contributed by atoms with E-state index in [1.807, 2.05) is 18.2 Å². The number of piperidine rings is 1. The summed E-state index contributed by atoms with van der Waals surface area (Å²) in [6, 6.07) is 24.2. The molecule has 1 aliphatic rings. The molecular weight excluding hydrogens is 384 g/mol. The number of carboxylic acids is 1. The molecular formula is C27H30N2O2. The maximum atomic E-state index is 11.4. The molecule has 0 saturated carbocycles. The van der Waals surface area contributed by atoms with Gasteiger partial charge in [0.2, 0.25) is 0 Å². The summed E-state index contributed by atoms with van der Waals surface area (Å²) in [5.74, 6) is -0.284. The Morgan fingerprint density at radius 2 is 1.74 bits per heavy atom. The summed E-state index contributed by atoms with van der Waals surface area (Å²) in [5, 5.41) is 16.1. The molecule has 0 aromatic heterocycles. The van der Waals surface area contributed by atoms with Gasteiger partial charge in [0.25, 0.3) is 0 Å². The highest BCUT2D eigenvalue weighted by Crippen LogP contribution is 2.27. The number of carbonyl (C=O) groups is 1. The molecule has 0 bridgehead atoms. The van der Waals surface area contributed by atoms with E-state index in [0.717, 1.165) is 38.0 Å². The zero-order valence-electron chi connectivity index (χ0n) is 17.8. The van der Waals surface area contributed by atoms with Crippen molar-refractivity contribution in [2.45, 2.75) is 38.0 Å². The summed E-state index contributed by atoms with van der Waals surface area (Å²) in [4.78, 5) is 11.4. The van der Waals surface area contributed by atoms with Crippen LogP contribution in [0, 0.1) is 0 Å². The average Bonchev–Trinajstić information content (AvgIpc) is 2.81. The monoisotopic (exact) mass is 414 g/mol. The van der Waals surface area contributed by atoms with Gasteiger partial charge < -0.3 is 15.7 Å². The first-order valence-corrected chi connectivity index (χ1v) is 11.2. The number of para-hydroxylation sites is 1. The number of benzene rings is 3. The van der Waals surface area contributed by atoms with Crippen molar-refractivity contribution in [2.75, 3.05) is 18.4 Å². The lowest BCUT2D eigenvalue weighted by molar-refractivity contribution is 0.0698. The van der Waals surface area contributed by atoms with Gasteiger partial charge in [-0.3, -0.25) is 0 Å². The summed E-state index contributed by atoms with van der Waals surface area (Å²) in [5.41, 5.74) is 6.09. The number of aromatic carboxylic acids is 1. The minimum absolute atomic E-state index is 0.276. The first-order valence-electron chi connectivity index (χ1n) is 11.2. The molecule has 0 aliphatic carbocycles. The molecule has 3 aromatic carbocycles. The number of hydrogen-bond acceptors (Lipinski definition) is 3. The van der Waals surface area contributed by atoms with E-state index in [-0.39, 0.29) is 5.56 Å². The van der Waals surface area contributed by atoms with Gasteiger partial charge in [0.15, 0.2) is 0 Å². The Kier molecular flexibility index (Phi) is 7.00. The molecule has 160 valence electrons. The van der Waals surface area contributed by atoms with Gasteiger partial charge in [-0.05, 0) is 85.5 Å². The van der Waals surface area contributed by atoms with Crippen molar-refractivity contribution >= 4 is 17.3 Å². The topological polar surface area (TPSA) is 61.4 Å². The van der Waals surface area contributed by atoms with E-state index >= 15 is 0 Å². The molecule has 31 heavy (non-hydrogen) atoms. The summed E-state index contributed by atoms with van der Waals surface area (Å²) < 4.78 is 0. The second-order valence-electron chi connectivity index (χ2n) is 8.27. The van der Waals surface area contributed by atoms with Crippen molar-refractivity contribution < 1.29 is 9.90 Å². The molecule has 4 rings (SSSR count). The van der Waals surface area contributed by atoms with Crippen LogP contribution in [0.5, 0.6) is 0 Å². The molecule has 1 heterocycles. The first kappa shape index (κ1) is 21.1. The fourth-order valence-electron chi connectivity index (χ4n) is 4.45. The summed E-state index contributed by atoms with van der Waals surface area (Å²) >= 11 is 0. The third kappa shape index (κ3) is 5.53. The van der Waals surface area contributed by atoms with Crippen LogP contribution >= 0.6 is 0 Å². The minimum Gasteiger partial charge on any atom is -0.478 e. The van der Waals surface area contributed by atoms with Crippen LogP contribution in [0.3, 0.4) is 0 Å². The van der Waals surface area contributed by atoms with E-state index in [9.17, 15) is 9.90 Å². The fourth-order valence-corrected chi connectivity index (χ4v) is 4.45. The summed E-state index contributed by atoms with van der Waals surface area (Å²) in [6.45, 7) is 2.24. The van der Waals surface area contributed by atoms with Crippen LogP contribution in [0.2, 0.25) is 0 Å². The number of nitrogens with one attached hydrogen (secondary N) is 2.